The number of allylic oxidation sites excluding steroid dienone is 1. The highest BCUT2D eigenvalue weighted by Crippen LogP contribution is 2.74. The minimum Gasteiger partial charge on any atom is -0.459 e. The molecule has 12 heteroatoms. The van der Waals surface area contributed by atoms with Crippen LogP contribution in [0.5, 0.6) is 0 Å². The van der Waals surface area contributed by atoms with Gasteiger partial charge in [0.1, 0.15) is 18.3 Å². The van der Waals surface area contributed by atoms with Gasteiger partial charge in [-0.25, -0.2) is 4.79 Å². The molecule has 47 heavy (non-hydrogen) atoms. The third-order valence-corrected chi connectivity index (χ3v) is 12.7. The number of halogens is 1. The minimum absolute atomic E-state index is 0.0967. The molecule has 0 aromatic rings. The Morgan fingerprint density at radius 1 is 1.17 bits per heavy atom. The molecule has 4 unspecified atom stereocenters. The van der Waals surface area contributed by atoms with Crippen LogP contribution in [0.1, 0.15) is 82.1 Å². The maximum atomic E-state index is 14.0. The third kappa shape index (κ3) is 5.47. The third-order valence-electron chi connectivity index (χ3n) is 12.2. The van der Waals surface area contributed by atoms with E-state index >= 15 is 0 Å². The van der Waals surface area contributed by atoms with E-state index in [1.54, 1.807) is 13.0 Å². The van der Waals surface area contributed by atoms with Crippen LogP contribution in [-0.4, -0.2) is 92.7 Å². The second kappa shape index (κ2) is 12.1. The highest BCUT2D eigenvalue weighted by atomic mass is 79.9. The first-order valence-electron chi connectivity index (χ1n) is 16.9. The lowest BCUT2D eigenvalue weighted by Crippen LogP contribution is -2.78. The predicted molar refractivity (Wildman–Crippen MR) is 173 cm³/mol. The molecule has 5 rings (SSSR count). The van der Waals surface area contributed by atoms with Gasteiger partial charge in [0.2, 0.25) is 6.10 Å². The Hall–Kier alpha value is -1.41. The lowest BCUT2D eigenvalue weighted by Gasteiger charge is -2.68. The van der Waals surface area contributed by atoms with E-state index in [4.69, 9.17) is 23.7 Å². The zero-order chi connectivity index (χ0) is 35.2. The maximum absolute atomic E-state index is 14.0. The standard InChI is InChI=1S/C35H53BrO11/c1-16(2)34(41,17(3)4)13-23(38)45-26-25-19(6)27(39)35(42)30-32(10)20(12-22(44-29(26)40)33(25,30)15-43-35)18(5)11-21(37)28(32)46-24(14-36)47-31(7,8)9/h11,16-17,19-20,22,24-28,30,39,41-42H,12-15H2,1-10H3/t19-,20+,22-,24?,25?,26?,27-,28-,30?,32-,33+,35-/m1/s1. The van der Waals surface area contributed by atoms with Crippen molar-refractivity contribution >= 4 is 33.7 Å². The summed E-state index contributed by atoms with van der Waals surface area (Å²) in [6.07, 6.45) is -4.11. The largest absolute Gasteiger partial charge is 0.459 e. The first kappa shape index (κ1) is 36.9. The van der Waals surface area contributed by atoms with Crippen molar-refractivity contribution in [3.63, 3.8) is 0 Å². The average Bonchev–Trinajstić information content (AvgIpc) is 3.24. The summed E-state index contributed by atoms with van der Waals surface area (Å²) in [7, 11) is 0. The molecule has 0 radical (unpaired) electrons. The number of carbonyl (C=O) groups is 3. The number of hydrogen-bond donors (Lipinski definition) is 3. The van der Waals surface area contributed by atoms with Crippen molar-refractivity contribution in [2.75, 3.05) is 11.9 Å². The van der Waals surface area contributed by atoms with Gasteiger partial charge in [0, 0.05) is 22.7 Å². The summed E-state index contributed by atoms with van der Waals surface area (Å²) >= 11 is 3.46. The summed E-state index contributed by atoms with van der Waals surface area (Å²) in [6, 6.07) is 0. The van der Waals surface area contributed by atoms with E-state index < -0.39 is 94.1 Å². The van der Waals surface area contributed by atoms with Crippen LogP contribution < -0.4 is 0 Å². The van der Waals surface area contributed by atoms with Gasteiger partial charge < -0.3 is 39.0 Å². The Balaban J connectivity index is 1.61. The molecule has 3 aliphatic carbocycles. The Morgan fingerprint density at radius 3 is 2.34 bits per heavy atom. The van der Waals surface area contributed by atoms with Gasteiger partial charge in [-0.2, -0.15) is 0 Å². The second-order valence-corrected chi connectivity index (χ2v) is 17.2. The molecule has 0 amide bonds. The minimum atomic E-state index is -2.12. The molecule has 12 atom stereocenters. The Bertz CT molecular complexity index is 1300. The number of esters is 2. The summed E-state index contributed by atoms with van der Waals surface area (Å²) in [4.78, 5) is 41.3. The smallest absolute Gasteiger partial charge is 0.348 e. The number of fused-ring (bicyclic) bond motifs is 1. The van der Waals surface area contributed by atoms with Crippen molar-refractivity contribution in [2.24, 2.45) is 46.3 Å². The number of ketones is 1. The molecule has 2 aliphatic heterocycles. The molecule has 1 spiro atoms. The Morgan fingerprint density at radius 2 is 1.79 bits per heavy atom. The van der Waals surface area contributed by atoms with Crippen LogP contribution in [0.3, 0.4) is 0 Å². The number of hydrogen-bond acceptors (Lipinski definition) is 11. The first-order chi connectivity index (χ1) is 21.6. The van der Waals surface area contributed by atoms with E-state index in [0.29, 0.717) is 6.42 Å². The summed E-state index contributed by atoms with van der Waals surface area (Å²) in [6.45, 7) is 18.3. The number of aliphatic hydroxyl groups excluding tert-OH is 1. The summed E-state index contributed by atoms with van der Waals surface area (Å²) in [5, 5.41) is 35.9. The highest BCUT2D eigenvalue weighted by Gasteiger charge is 2.84. The number of alkyl halides is 1. The zero-order valence-corrected chi connectivity index (χ0v) is 30.8. The Kier molecular flexibility index (Phi) is 9.51. The molecular weight excluding hydrogens is 676 g/mol. The fourth-order valence-corrected chi connectivity index (χ4v) is 10.3. The van der Waals surface area contributed by atoms with Gasteiger partial charge >= 0.3 is 11.9 Å². The van der Waals surface area contributed by atoms with Crippen molar-refractivity contribution in [3.05, 3.63) is 11.6 Å². The van der Waals surface area contributed by atoms with Crippen LogP contribution in [-0.2, 0) is 38.1 Å². The van der Waals surface area contributed by atoms with Crippen LogP contribution in [0, 0.1) is 46.3 Å². The topological polar surface area (TPSA) is 158 Å². The molecule has 0 aromatic heterocycles. The lowest BCUT2D eigenvalue weighted by molar-refractivity contribution is -0.347. The SMILES string of the molecule is CC1=CC(=O)[C@@H](OC(CBr)OC(C)(C)C)[C@]2(C)C3[C@]45CO[C@]3(O)[C@H](O)[C@H](C)C4C(OC(=O)CC(O)(C(C)C)C(C)C)C(=O)O[C@@H]5C[C@@H]12. The molecule has 11 nitrogen and oxygen atoms in total. The van der Waals surface area contributed by atoms with Gasteiger partial charge in [-0.1, -0.05) is 63.0 Å². The van der Waals surface area contributed by atoms with E-state index in [0.717, 1.165) is 5.57 Å². The number of ether oxygens (including phenoxy) is 5. The molecular formula is C35H53BrO11. The van der Waals surface area contributed by atoms with Crippen molar-refractivity contribution in [1.82, 2.24) is 0 Å². The van der Waals surface area contributed by atoms with Crippen molar-refractivity contribution < 1.29 is 53.4 Å². The van der Waals surface area contributed by atoms with Crippen LogP contribution in [0.4, 0.5) is 0 Å². The van der Waals surface area contributed by atoms with E-state index in [1.165, 1.54) is 0 Å². The van der Waals surface area contributed by atoms with Gasteiger partial charge in [0.05, 0.1) is 29.6 Å². The van der Waals surface area contributed by atoms with Gasteiger partial charge in [-0.3, -0.25) is 9.59 Å². The van der Waals surface area contributed by atoms with Crippen LogP contribution >= 0.6 is 15.9 Å². The molecule has 5 aliphatic rings. The summed E-state index contributed by atoms with van der Waals surface area (Å²) in [5.41, 5.74) is -3.52. The molecule has 3 N–H and O–H groups in total. The lowest BCUT2D eigenvalue weighted by atomic mass is 9.38. The van der Waals surface area contributed by atoms with E-state index in [9.17, 15) is 29.7 Å². The number of carbonyl (C=O) groups excluding carboxylic acids is 3. The van der Waals surface area contributed by atoms with E-state index in [1.807, 2.05) is 62.3 Å². The van der Waals surface area contributed by atoms with E-state index in [2.05, 4.69) is 15.9 Å². The van der Waals surface area contributed by atoms with Gasteiger partial charge in [-0.05, 0) is 63.9 Å². The first-order valence-corrected chi connectivity index (χ1v) is 18.0. The molecule has 266 valence electrons. The average molecular weight is 730 g/mol. The predicted octanol–water partition coefficient (Wildman–Crippen LogP) is 3.68. The monoisotopic (exact) mass is 728 g/mol. The normalized spacial score (nSPS) is 42.1. The fraction of sp³-hybridized carbons (Fsp3) is 0.857. The highest BCUT2D eigenvalue weighted by molar-refractivity contribution is 9.09. The fourth-order valence-electron chi connectivity index (χ4n) is 10.1. The van der Waals surface area contributed by atoms with Crippen LogP contribution in [0.25, 0.3) is 0 Å². The van der Waals surface area contributed by atoms with Crippen LogP contribution in [0.2, 0.25) is 0 Å². The molecule has 2 saturated carbocycles. The summed E-state index contributed by atoms with van der Waals surface area (Å²) in [5.74, 6) is -7.43. The number of aliphatic hydroxyl groups is 3. The van der Waals surface area contributed by atoms with Gasteiger partial charge in [0.15, 0.2) is 17.9 Å². The Labute approximate surface area is 286 Å². The maximum Gasteiger partial charge on any atom is 0.348 e. The molecule has 2 heterocycles. The molecule has 0 aromatic carbocycles. The van der Waals surface area contributed by atoms with Crippen molar-refractivity contribution in [1.29, 1.82) is 0 Å². The quantitative estimate of drug-likeness (QED) is 0.181. The van der Waals surface area contributed by atoms with Crippen molar-refractivity contribution in [3.8, 4) is 0 Å². The molecule has 2 saturated heterocycles. The number of rotatable bonds is 9. The molecule has 2 bridgehead atoms. The van der Waals surface area contributed by atoms with E-state index in [-0.39, 0.29) is 36.0 Å². The van der Waals surface area contributed by atoms with Gasteiger partial charge in [0.25, 0.3) is 0 Å². The van der Waals surface area contributed by atoms with Crippen molar-refractivity contribution in [2.45, 2.75) is 130 Å². The van der Waals surface area contributed by atoms with Crippen LogP contribution in [0.15, 0.2) is 11.6 Å². The second-order valence-electron chi connectivity index (χ2n) is 16.5. The summed E-state index contributed by atoms with van der Waals surface area (Å²) < 4.78 is 31.0. The van der Waals surface area contributed by atoms with Gasteiger partial charge in [-0.15, -0.1) is 0 Å². The zero-order valence-electron chi connectivity index (χ0n) is 29.2. The molecule has 4 fully saturated rings.